The van der Waals surface area contributed by atoms with Crippen LogP contribution in [0.2, 0.25) is 0 Å². The summed E-state index contributed by atoms with van der Waals surface area (Å²) in [6.07, 6.45) is -2.39. The summed E-state index contributed by atoms with van der Waals surface area (Å²) < 4.78 is 28.4. The van der Waals surface area contributed by atoms with Gasteiger partial charge in [0.25, 0.3) is 5.08 Å². The molecule has 1 rings (SSSR count). The van der Waals surface area contributed by atoms with Gasteiger partial charge < -0.3 is 45.4 Å². The number of benzene rings is 1. The highest BCUT2D eigenvalue weighted by molar-refractivity contribution is 7.72. The lowest BCUT2D eigenvalue weighted by Gasteiger charge is -2.31. The maximum absolute atomic E-state index is 13.4. The van der Waals surface area contributed by atoms with Crippen molar-refractivity contribution in [1.29, 1.82) is 0 Å². The van der Waals surface area contributed by atoms with Gasteiger partial charge in [-0.05, 0) is 71.1 Å². The summed E-state index contributed by atoms with van der Waals surface area (Å²) in [5, 5.41) is 8.86. The number of imide groups is 1. The van der Waals surface area contributed by atoms with Crippen molar-refractivity contribution in [2.75, 3.05) is 36.3 Å². The second-order valence-corrected chi connectivity index (χ2v) is 16.1. The van der Waals surface area contributed by atoms with Crippen molar-refractivity contribution >= 4 is 62.0 Å². The third kappa shape index (κ3) is 12.4. The summed E-state index contributed by atoms with van der Waals surface area (Å²) in [5.41, 5.74) is 6.74. The van der Waals surface area contributed by atoms with Gasteiger partial charge in [0, 0.05) is 37.1 Å². The highest BCUT2D eigenvalue weighted by Gasteiger charge is 2.58. The largest absolute Gasteiger partial charge is 0.443 e. The first kappa shape index (κ1) is 41.3. The average molecular weight is 722 g/mol. The lowest BCUT2D eigenvalue weighted by atomic mass is 10.0. The smallest absolute Gasteiger partial charge is 0.417 e. The molecular formula is C26H44Cl2N4O11P2. The van der Waals surface area contributed by atoms with Crippen molar-refractivity contribution in [3.8, 4) is 0 Å². The lowest BCUT2D eigenvalue weighted by Crippen LogP contribution is -2.56. The predicted octanol–water partition coefficient (Wildman–Crippen LogP) is 2.28. The molecule has 2 atom stereocenters. The molecule has 0 aliphatic carbocycles. The Hall–Kier alpha value is -1.77. The molecule has 0 unspecified atom stereocenters. The molecule has 3 amide bonds. The number of hydrogen-bond acceptors (Lipinski definition) is 9. The molecule has 0 bridgehead atoms. The fraction of sp³-hybridized carbons (Fsp3) is 0.654. The van der Waals surface area contributed by atoms with Crippen LogP contribution in [0.1, 0.15) is 52.5 Å². The zero-order valence-corrected chi connectivity index (χ0v) is 28.9. The topological polar surface area (TPSA) is 240 Å². The standard InChI is InChI=1S/C26H44Cl2N4O11P2/c1-18(22(33)30-14-6-5-11-26(36,44(37,38)39)45(40,41)42)32(24(35)43-25(2,3)4)23(34)21(29)17-19-7-9-20(10-8-19)31(15-12-27)16-13-28/h7-10,18,21,36H,5-6,11-17,29H2,1-4H3,(H,30,33)(H2,37,38,39)(H2,40,41,42)/t18-,21-/m0/s1. The molecule has 1 aromatic carbocycles. The first-order chi connectivity index (χ1) is 20.6. The van der Waals surface area contributed by atoms with E-state index < -0.39 is 62.3 Å². The van der Waals surface area contributed by atoms with Crippen molar-refractivity contribution in [1.82, 2.24) is 10.2 Å². The Morgan fingerprint density at radius 2 is 1.49 bits per heavy atom. The fourth-order valence-electron chi connectivity index (χ4n) is 4.11. The number of halogens is 2. The van der Waals surface area contributed by atoms with Crippen molar-refractivity contribution < 1.29 is 52.9 Å². The molecule has 0 aromatic heterocycles. The average Bonchev–Trinajstić information content (AvgIpc) is 2.90. The van der Waals surface area contributed by atoms with Gasteiger partial charge in [0.2, 0.25) is 11.8 Å². The number of alkyl halides is 2. The summed E-state index contributed by atoms with van der Waals surface area (Å²) in [4.78, 5) is 79.0. The minimum atomic E-state index is -5.61. The van der Waals surface area contributed by atoms with Crippen LogP contribution >= 0.6 is 38.4 Å². The molecule has 45 heavy (non-hydrogen) atoms. The normalized spacial score (nSPS) is 14.0. The summed E-state index contributed by atoms with van der Waals surface area (Å²) in [6.45, 7) is 7.00. The molecule has 0 heterocycles. The number of rotatable bonds is 17. The predicted molar refractivity (Wildman–Crippen MR) is 170 cm³/mol. The van der Waals surface area contributed by atoms with E-state index in [-0.39, 0.29) is 25.8 Å². The van der Waals surface area contributed by atoms with Gasteiger partial charge in [-0.25, -0.2) is 9.69 Å². The lowest BCUT2D eigenvalue weighted by molar-refractivity contribution is -0.139. The minimum absolute atomic E-state index is 0.0276. The van der Waals surface area contributed by atoms with Crippen LogP contribution in [0.5, 0.6) is 0 Å². The number of nitrogens with one attached hydrogen (secondary N) is 1. The van der Waals surface area contributed by atoms with Crippen LogP contribution in [-0.2, 0) is 29.9 Å². The van der Waals surface area contributed by atoms with Gasteiger partial charge in [0.1, 0.15) is 11.6 Å². The van der Waals surface area contributed by atoms with E-state index in [4.69, 9.17) is 33.7 Å². The van der Waals surface area contributed by atoms with Crippen molar-refractivity contribution in [3.63, 3.8) is 0 Å². The number of nitrogens with zero attached hydrogens (tertiary/aromatic N) is 2. The van der Waals surface area contributed by atoms with Crippen LogP contribution in [0.3, 0.4) is 0 Å². The van der Waals surface area contributed by atoms with E-state index in [1.54, 1.807) is 32.9 Å². The van der Waals surface area contributed by atoms with Gasteiger partial charge in [0.05, 0.1) is 6.04 Å². The van der Waals surface area contributed by atoms with Crippen LogP contribution in [0.4, 0.5) is 10.5 Å². The first-order valence-electron chi connectivity index (χ1n) is 14.0. The van der Waals surface area contributed by atoms with Gasteiger partial charge in [-0.3, -0.25) is 18.7 Å². The van der Waals surface area contributed by atoms with Gasteiger partial charge in [-0.1, -0.05) is 12.1 Å². The fourth-order valence-corrected chi connectivity index (χ4v) is 6.78. The number of aliphatic hydroxyl groups is 1. The monoisotopic (exact) mass is 720 g/mol. The number of unbranched alkanes of at least 4 members (excludes halogenated alkanes) is 1. The number of amides is 3. The quantitative estimate of drug-likeness (QED) is 0.0695. The molecule has 19 heteroatoms. The molecule has 0 radical (unpaired) electrons. The van der Waals surface area contributed by atoms with E-state index >= 15 is 0 Å². The molecular weight excluding hydrogens is 677 g/mol. The molecule has 1 aromatic rings. The third-order valence-corrected chi connectivity index (χ3v) is 10.8. The summed E-state index contributed by atoms with van der Waals surface area (Å²) in [5.74, 6) is -0.873. The molecule has 0 fully saturated rings. The maximum Gasteiger partial charge on any atom is 0.417 e. The molecule has 0 saturated heterocycles. The Morgan fingerprint density at radius 3 is 1.93 bits per heavy atom. The number of ether oxygens (including phenoxy) is 1. The second-order valence-electron chi connectivity index (χ2n) is 11.3. The Kier molecular flexibility index (Phi) is 16.0. The van der Waals surface area contributed by atoms with Crippen LogP contribution < -0.4 is 16.0 Å². The van der Waals surface area contributed by atoms with Crippen LogP contribution in [0.15, 0.2) is 24.3 Å². The van der Waals surface area contributed by atoms with E-state index in [1.807, 2.05) is 17.0 Å². The van der Waals surface area contributed by atoms with Crippen molar-refractivity contribution in [2.45, 2.75) is 76.1 Å². The SMILES string of the molecule is C[C@@H](C(=O)NCCCCC(O)(P(=O)(O)O)P(=O)(O)O)N(C(=O)OC(C)(C)C)C(=O)[C@@H](N)Cc1ccc(N(CCCl)CCCl)cc1. The van der Waals surface area contributed by atoms with E-state index in [1.165, 1.54) is 6.92 Å². The first-order valence-corrected chi connectivity index (χ1v) is 18.3. The molecule has 0 aliphatic heterocycles. The van der Waals surface area contributed by atoms with E-state index in [9.17, 15) is 48.2 Å². The highest BCUT2D eigenvalue weighted by atomic mass is 35.5. The van der Waals surface area contributed by atoms with E-state index in [0.29, 0.717) is 35.3 Å². The van der Waals surface area contributed by atoms with Gasteiger partial charge in [-0.15, -0.1) is 23.2 Å². The number of anilines is 1. The van der Waals surface area contributed by atoms with Gasteiger partial charge >= 0.3 is 21.3 Å². The molecule has 8 N–H and O–H groups in total. The number of nitrogens with two attached hydrogens (primary N) is 1. The molecule has 258 valence electrons. The Bertz CT molecular complexity index is 1210. The van der Waals surface area contributed by atoms with Gasteiger partial charge in [0.15, 0.2) is 0 Å². The third-order valence-electron chi connectivity index (χ3n) is 6.55. The zero-order chi connectivity index (χ0) is 34.8. The zero-order valence-electron chi connectivity index (χ0n) is 25.6. The number of carbonyl (C=O) groups is 3. The van der Waals surface area contributed by atoms with Crippen LogP contribution in [0, 0.1) is 0 Å². The van der Waals surface area contributed by atoms with E-state index in [0.717, 1.165) is 5.69 Å². The molecule has 0 spiro atoms. The van der Waals surface area contributed by atoms with Crippen LogP contribution in [-0.4, -0.2) is 102 Å². The number of hydrogen-bond donors (Lipinski definition) is 7. The summed E-state index contributed by atoms with van der Waals surface area (Å²) in [6, 6.07) is 4.56. The minimum Gasteiger partial charge on any atom is -0.443 e. The molecule has 0 aliphatic rings. The highest BCUT2D eigenvalue weighted by Crippen LogP contribution is 2.69. The Morgan fingerprint density at radius 1 is 0.978 bits per heavy atom. The van der Waals surface area contributed by atoms with Crippen molar-refractivity contribution in [3.05, 3.63) is 29.8 Å². The van der Waals surface area contributed by atoms with Crippen molar-refractivity contribution in [2.24, 2.45) is 5.73 Å². The Labute approximate surface area is 272 Å². The summed E-state index contributed by atoms with van der Waals surface area (Å²) in [7, 11) is -11.2. The van der Waals surface area contributed by atoms with Crippen LogP contribution in [0.25, 0.3) is 0 Å². The Balaban J connectivity index is 3.00. The van der Waals surface area contributed by atoms with Gasteiger partial charge in [-0.2, -0.15) is 0 Å². The maximum atomic E-state index is 13.4. The summed E-state index contributed by atoms with van der Waals surface area (Å²) >= 11 is 11.8. The number of carbonyl (C=O) groups excluding carboxylic acids is 3. The second kappa shape index (κ2) is 17.4. The molecule has 15 nitrogen and oxygen atoms in total. The molecule has 0 saturated carbocycles. The van der Waals surface area contributed by atoms with E-state index in [2.05, 4.69) is 5.32 Å².